The van der Waals surface area contributed by atoms with Crippen molar-refractivity contribution in [3.8, 4) is 0 Å². The van der Waals surface area contributed by atoms with Crippen molar-refractivity contribution >= 4 is 22.1 Å². The van der Waals surface area contributed by atoms with E-state index in [1.54, 1.807) is 11.3 Å². The molecule has 0 aromatic carbocycles. The van der Waals surface area contributed by atoms with Crippen LogP contribution < -0.4 is 0 Å². The Hall–Kier alpha value is -0.150. The van der Waals surface area contributed by atoms with Crippen LogP contribution in [0.2, 0.25) is 0 Å². The lowest BCUT2D eigenvalue weighted by molar-refractivity contribution is 0.685. The lowest BCUT2D eigenvalue weighted by atomic mass is 10.5. The van der Waals surface area contributed by atoms with Gasteiger partial charge in [0.15, 0.2) is 0 Å². The van der Waals surface area contributed by atoms with Crippen LogP contribution in [0.25, 0.3) is 0 Å². The number of rotatable bonds is 2. The molecule has 0 fully saturated rings. The second-order valence-electron chi connectivity index (χ2n) is 2.00. The molecule has 0 saturated carbocycles. The SMILES string of the molecule is CCS(=O)c1ccc(C)s1. The van der Waals surface area contributed by atoms with Gasteiger partial charge in [-0.2, -0.15) is 0 Å². The third-order valence-corrected chi connectivity index (χ3v) is 3.91. The Morgan fingerprint density at radius 1 is 1.60 bits per heavy atom. The van der Waals surface area contributed by atoms with E-state index >= 15 is 0 Å². The Bertz CT molecular complexity index is 240. The van der Waals surface area contributed by atoms with Crippen molar-refractivity contribution in [2.45, 2.75) is 18.1 Å². The maximum absolute atomic E-state index is 11.1. The van der Waals surface area contributed by atoms with Gasteiger partial charge in [-0.25, -0.2) is 0 Å². The lowest BCUT2D eigenvalue weighted by Gasteiger charge is -1.89. The van der Waals surface area contributed by atoms with Crippen LogP contribution in [0.15, 0.2) is 16.3 Å². The number of hydrogen-bond donors (Lipinski definition) is 0. The molecule has 0 aliphatic heterocycles. The van der Waals surface area contributed by atoms with Crippen LogP contribution in [-0.4, -0.2) is 9.96 Å². The minimum atomic E-state index is -0.751. The zero-order valence-electron chi connectivity index (χ0n) is 6.09. The summed E-state index contributed by atoms with van der Waals surface area (Å²) in [6.45, 7) is 3.96. The van der Waals surface area contributed by atoms with Crippen LogP contribution in [0, 0.1) is 6.92 Å². The van der Waals surface area contributed by atoms with Gasteiger partial charge in [0.05, 0.1) is 15.0 Å². The predicted molar refractivity (Wildman–Crippen MR) is 46.0 cm³/mol. The second-order valence-corrected chi connectivity index (χ2v) is 5.25. The van der Waals surface area contributed by atoms with E-state index in [1.165, 1.54) is 4.88 Å². The fourth-order valence-electron chi connectivity index (χ4n) is 0.677. The molecule has 10 heavy (non-hydrogen) atoms. The minimum Gasteiger partial charge on any atom is -0.254 e. The molecular weight excluding hydrogens is 164 g/mol. The number of hydrogen-bond acceptors (Lipinski definition) is 2. The molecule has 1 aromatic heterocycles. The van der Waals surface area contributed by atoms with Gasteiger partial charge in [0, 0.05) is 10.6 Å². The highest BCUT2D eigenvalue weighted by atomic mass is 32.2. The van der Waals surface area contributed by atoms with E-state index < -0.39 is 10.8 Å². The van der Waals surface area contributed by atoms with Gasteiger partial charge in [-0.05, 0) is 19.1 Å². The topological polar surface area (TPSA) is 17.1 Å². The molecule has 0 saturated heterocycles. The van der Waals surface area contributed by atoms with Gasteiger partial charge >= 0.3 is 0 Å². The van der Waals surface area contributed by atoms with Crippen LogP contribution in [0.1, 0.15) is 11.8 Å². The molecule has 3 heteroatoms. The van der Waals surface area contributed by atoms with Crippen LogP contribution in [0.5, 0.6) is 0 Å². The summed E-state index contributed by atoms with van der Waals surface area (Å²) in [5.41, 5.74) is 0. The van der Waals surface area contributed by atoms with Crippen LogP contribution >= 0.6 is 11.3 Å². The van der Waals surface area contributed by atoms with Gasteiger partial charge in [-0.1, -0.05) is 6.92 Å². The first kappa shape index (κ1) is 7.95. The van der Waals surface area contributed by atoms with Gasteiger partial charge in [-0.3, -0.25) is 4.21 Å². The third kappa shape index (κ3) is 1.67. The van der Waals surface area contributed by atoms with Gasteiger partial charge in [0.1, 0.15) is 0 Å². The van der Waals surface area contributed by atoms with E-state index in [-0.39, 0.29) is 0 Å². The largest absolute Gasteiger partial charge is 0.254 e. The zero-order chi connectivity index (χ0) is 7.56. The molecular formula is C7H10OS2. The van der Waals surface area contributed by atoms with Crippen molar-refractivity contribution in [1.82, 2.24) is 0 Å². The Morgan fingerprint density at radius 3 is 2.70 bits per heavy atom. The lowest BCUT2D eigenvalue weighted by Crippen LogP contribution is -1.88. The molecule has 1 unspecified atom stereocenters. The first-order valence-electron chi connectivity index (χ1n) is 3.19. The molecule has 0 radical (unpaired) electrons. The van der Waals surface area contributed by atoms with E-state index in [1.807, 2.05) is 26.0 Å². The molecule has 0 spiro atoms. The van der Waals surface area contributed by atoms with Gasteiger partial charge in [0.25, 0.3) is 0 Å². The summed E-state index contributed by atoms with van der Waals surface area (Å²) in [6.07, 6.45) is 0. The highest BCUT2D eigenvalue weighted by Crippen LogP contribution is 2.18. The van der Waals surface area contributed by atoms with Gasteiger partial charge in [-0.15, -0.1) is 11.3 Å². The molecule has 1 heterocycles. The zero-order valence-corrected chi connectivity index (χ0v) is 7.72. The first-order valence-corrected chi connectivity index (χ1v) is 5.32. The van der Waals surface area contributed by atoms with Gasteiger partial charge < -0.3 is 0 Å². The molecule has 1 rings (SSSR count). The monoisotopic (exact) mass is 174 g/mol. The Morgan fingerprint density at radius 2 is 2.30 bits per heavy atom. The maximum atomic E-state index is 11.1. The molecule has 56 valence electrons. The predicted octanol–water partition coefficient (Wildman–Crippen LogP) is 2.18. The molecule has 0 amide bonds. The first-order chi connectivity index (χ1) is 4.74. The number of aryl methyl sites for hydroxylation is 1. The Balaban J connectivity index is 2.85. The van der Waals surface area contributed by atoms with Crippen LogP contribution in [0.3, 0.4) is 0 Å². The summed E-state index contributed by atoms with van der Waals surface area (Å²) >= 11 is 1.62. The third-order valence-electron chi connectivity index (χ3n) is 1.20. The van der Waals surface area contributed by atoms with Crippen LogP contribution in [-0.2, 0) is 10.8 Å². The summed E-state index contributed by atoms with van der Waals surface area (Å²) in [5.74, 6) is 0.722. The second kappa shape index (κ2) is 3.30. The molecule has 0 aliphatic carbocycles. The van der Waals surface area contributed by atoms with E-state index in [9.17, 15) is 4.21 Å². The minimum absolute atomic E-state index is 0.722. The molecule has 0 N–H and O–H groups in total. The van der Waals surface area contributed by atoms with Crippen molar-refractivity contribution in [1.29, 1.82) is 0 Å². The normalized spacial score (nSPS) is 13.4. The highest BCUT2D eigenvalue weighted by molar-refractivity contribution is 7.87. The standard InChI is InChI=1S/C7H10OS2/c1-3-10(8)7-5-4-6(2)9-7/h4-5H,3H2,1-2H3. The molecule has 1 atom stereocenters. The van der Waals surface area contributed by atoms with E-state index in [2.05, 4.69) is 0 Å². The smallest absolute Gasteiger partial charge is 0.0913 e. The van der Waals surface area contributed by atoms with E-state index in [0.717, 1.165) is 9.96 Å². The average Bonchev–Trinajstić information content (AvgIpc) is 2.34. The highest BCUT2D eigenvalue weighted by Gasteiger charge is 2.01. The summed E-state index contributed by atoms with van der Waals surface area (Å²) in [4.78, 5) is 1.23. The number of thiophene rings is 1. The summed E-state index contributed by atoms with van der Waals surface area (Å²) in [5, 5.41) is 0. The molecule has 1 nitrogen and oxygen atoms in total. The summed E-state index contributed by atoms with van der Waals surface area (Å²) in [7, 11) is -0.751. The van der Waals surface area contributed by atoms with Crippen molar-refractivity contribution in [3.63, 3.8) is 0 Å². The van der Waals surface area contributed by atoms with Gasteiger partial charge in [0.2, 0.25) is 0 Å². The van der Waals surface area contributed by atoms with E-state index in [4.69, 9.17) is 0 Å². The molecule has 1 aromatic rings. The molecule has 0 bridgehead atoms. The fourth-order valence-corrected chi connectivity index (χ4v) is 2.89. The average molecular weight is 174 g/mol. The fraction of sp³-hybridized carbons (Fsp3) is 0.429. The molecule has 0 aliphatic rings. The van der Waals surface area contributed by atoms with Crippen molar-refractivity contribution in [2.24, 2.45) is 0 Å². The summed E-state index contributed by atoms with van der Waals surface area (Å²) < 4.78 is 12.1. The quantitative estimate of drug-likeness (QED) is 0.671. The Kier molecular flexibility index (Phi) is 2.63. The summed E-state index contributed by atoms with van der Waals surface area (Å²) in [6, 6.07) is 3.95. The maximum Gasteiger partial charge on any atom is 0.0913 e. The van der Waals surface area contributed by atoms with Crippen molar-refractivity contribution in [2.75, 3.05) is 5.75 Å². The Labute approximate surface area is 67.5 Å². The van der Waals surface area contributed by atoms with Crippen LogP contribution in [0.4, 0.5) is 0 Å². The van der Waals surface area contributed by atoms with Crippen molar-refractivity contribution < 1.29 is 4.21 Å². The van der Waals surface area contributed by atoms with Crippen molar-refractivity contribution in [3.05, 3.63) is 17.0 Å². The van der Waals surface area contributed by atoms with E-state index in [0.29, 0.717) is 0 Å².